The molecule has 1 fully saturated rings. The number of methoxy groups -OCH3 is 1. The molecule has 126 valence electrons. The first-order chi connectivity index (χ1) is 10.9. The van der Waals surface area contributed by atoms with Crippen LogP contribution in [0.4, 0.5) is 4.39 Å². The molecule has 2 N–H and O–H groups in total. The molecular weight excluding hydrogens is 305 g/mol. The molecule has 0 saturated carbocycles. The molecule has 1 unspecified atom stereocenters. The molecule has 1 heterocycles. The number of carbonyl (C=O) groups is 2. The highest BCUT2D eigenvalue weighted by Gasteiger charge is 2.38. The van der Waals surface area contributed by atoms with Crippen molar-refractivity contribution in [2.75, 3.05) is 20.3 Å². The lowest BCUT2D eigenvalue weighted by atomic mass is 9.94. The number of amides is 1. The fourth-order valence-electron chi connectivity index (χ4n) is 2.66. The lowest BCUT2D eigenvalue weighted by Crippen LogP contribution is -2.50. The Labute approximate surface area is 133 Å². The molecule has 1 atom stereocenters. The minimum atomic E-state index is -0.979. The molecule has 0 aliphatic carbocycles. The summed E-state index contributed by atoms with van der Waals surface area (Å²) in [5.74, 6) is -1.57. The van der Waals surface area contributed by atoms with Crippen molar-refractivity contribution >= 4 is 11.9 Å². The van der Waals surface area contributed by atoms with Gasteiger partial charge in [0, 0.05) is 13.0 Å². The second kappa shape index (κ2) is 7.41. The number of ether oxygens (including phenoxy) is 2. The highest BCUT2D eigenvalue weighted by atomic mass is 19.1. The molecule has 0 radical (unpaired) electrons. The van der Waals surface area contributed by atoms with Crippen LogP contribution in [0.3, 0.4) is 0 Å². The zero-order chi connectivity index (χ0) is 16.9. The van der Waals surface area contributed by atoms with Crippen molar-refractivity contribution in [1.82, 2.24) is 5.32 Å². The Morgan fingerprint density at radius 3 is 2.83 bits per heavy atom. The molecule has 0 spiro atoms. The Morgan fingerprint density at radius 2 is 2.26 bits per heavy atom. The van der Waals surface area contributed by atoms with Gasteiger partial charge in [0.1, 0.15) is 0 Å². The molecule has 6 nitrogen and oxygen atoms in total. The van der Waals surface area contributed by atoms with Crippen LogP contribution in [-0.2, 0) is 20.7 Å². The Bertz CT molecular complexity index is 584. The normalized spacial score (nSPS) is 20.3. The van der Waals surface area contributed by atoms with Gasteiger partial charge in [-0.2, -0.15) is 0 Å². The number of hydrogen-bond acceptors (Lipinski definition) is 4. The maximum Gasteiger partial charge on any atom is 0.305 e. The maximum absolute atomic E-state index is 13.6. The molecular formula is C16H20FNO5. The van der Waals surface area contributed by atoms with Crippen molar-refractivity contribution < 1.29 is 28.6 Å². The van der Waals surface area contributed by atoms with Crippen LogP contribution in [0, 0.1) is 5.82 Å². The molecule has 23 heavy (non-hydrogen) atoms. The van der Waals surface area contributed by atoms with Gasteiger partial charge in [-0.3, -0.25) is 9.59 Å². The zero-order valence-corrected chi connectivity index (χ0v) is 12.9. The van der Waals surface area contributed by atoms with Crippen LogP contribution in [0.1, 0.15) is 24.8 Å². The van der Waals surface area contributed by atoms with E-state index in [9.17, 15) is 14.0 Å². The number of carboxylic acid groups (broad SMARTS) is 1. The molecule has 0 aromatic heterocycles. The third kappa shape index (κ3) is 4.66. The van der Waals surface area contributed by atoms with Crippen molar-refractivity contribution in [3.05, 3.63) is 29.6 Å². The highest BCUT2D eigenvalue weighted by molar-refractivity contribution is 5.78. The van der Waals surface area contributed by atoms with E-state index in [4.69, 9.17) is 14.6 Å². The van der Waals surface area contributed by atoms with Gasteiger partial charge in [-0.05, 0) is 30.5 Å². The second-order valence-electron chi connectivity index (χ2n) is 5.67. The largest absolute Gasteiger partial charge is 0.494 e. The smallest absolute Gasteiger partial charge is 0.305 e. The summed E-state index contributed by atoms with van der Waals surface area (Å²) in [6.07, 6.45) is 0.808. The molecule has 1 aromatic carbocycles. The predicted molar refractivity (Wildman–Crippen MR) is 79.8 cm³/mol. The highest BCUT2D eigenvalue weighted by Crippen LogP contribution is 2.23. The van der Waals surface area contributed by atoms with E-state index in [1.54, 1.807) is 6.07 Å². The van der Waals surface area contributed by atoms with Gasteiger partial charge in [-0.15, -0.1) is 0 Å². The van der Waals surface area contributed by atoms with Gasteiger partial charge >= 0.3 is 5.97 Å². The Morgan fingerprint density at radius 1 is 1.48 bits per heavy atom. The van der Waals surface area contributed by atoms with E-state index in [0.29, 0.717) is 25.0 Å². The van der Waals surface area contributed by atoms with Gasteiger partial charge in [0.2, 0.25) is 5.91 Å². The minimum absolute atomic E-state index is 0.146. The topological polar surface area (TPSA) is 84.9 Å². The summed E-state index contributed by atoms with van der Waals surface area (Å²) < 4.78 is 23.7. The summed E-state index contributed by atoms with van der Waals surface area (Å²) in [5.41, 5.74) is -0.165. The number of aliphatic carboxylic acids is 1. The zero-order valence-electron chi connectivity index (χ0n) is 12.9. The number of halogens is 1. The van der Waals surface area contributed by atoms with E-state index in [1.807, 2.05) is 0 Å². The van der Waals surface area contributed by atoms with Crippen molar-refractivity contribution in [3.63, 3.8) is 0 Å². The average Bonchev–Trinajstić information content (AvgIpc) is 2.92. The number of nitrogens with one attached hydrogen (secondary N) is 1. The number of benzene rings is 1. The lowest BCUT2D eigenvalue weighted by Gasteiger charge is -2.27. The van der Waals surface area contributed by atoms with Gasteiger partial charge in [0.25, 0.3) is 0 Å². The third-order valence-electron chi connectivity index (χ3n) is 3.85. The van der Waals surface area contributed by atoms with Crippen LogP contribution in [0.25, 0.3) is 0 Å². The lowest BCUT2D eigenvalue weighted by molar-refractivity contribution is -0.139. The number of aryl methyl sites for hydroxylation is 1. The molecule has 1 aliphatic heterocycles. The number of carbonyl (C=O) groups excluding carboxylic acids is 1. The van der Waals surface area contributed by atoms with Crippen LogP contribution in [0.2, 0.25) is 0 Å². The van der Waals surface area contributed by atoms with Gasteiger partial charge in [0.05, 0.1) is 25.7 Å². The minimum Gasteiger partial charge on any atom is -0.494 e. The van der Waals surface area contributed by atoms with Crippen molar-refractivity contribution in [3.8, 4) is 5.75 Å². The molecule has 1 aromatic rings. The standard InChI is InChI=1S/C16H20FNO5/c1-22-13-4-2-11(8-12(13)17)3-5-14(19)18-16(9-15(20)21)6-7-23-10-16/h2,4,8H,3,5-7,9-10H2,1H3,(H,18,19)(H,20,21). The van der Waals surface area contributed by atoms with E-state index < -0.39 is 17.3 Å². The number of hydrogen-bond donors (Lipinski definition) is 2. The van der Waals surface area contributed by atoms with E-state index in [1.165, 1.54) is 19.2 Å². The molecule has 0 bridgehead atoms. The first kappa shape index (κ1) is 17.2. The summed E-state index contributed by atoms with van der Waals surface area (Å²) in [7, 11) is 1.39. The van der Waals surface area contributed by atoms with Crippen LogP contribution in [0.5, 0.6) is 5.75 Å². The van der Waals surface area contributed by atoms with Gasteiger partial charge in [-0.25, -0.2) is 4.39 Å². The average molecular weight is 325 g/mol. The fraction of sp³-hybridized carbons (Fsp3) is 0.500. The molecule has 1 saturated heterocycles. The SMILES string of the molecule is COc1ccc(CCC(=O)NC2(CC(=O)O)CCOC2)cc1F. The molecule has 1 amide bonds. The second-order valence-corrected chi connectivity index (χ2v) is 5.67. The van der Waals surface area contributed by atoms with Crippen molar-refractivity contribution in [2.45, 2.75) is 31.2 Å². The van der Waals surface area contributed by atoms with Crippen LogP contribution in [-0.4, -0.2) is 42.8 Å². The van der Waals surface area contributed by atoms with Crippen LogP contribution in [0.15, 0.2) is 18.2 Å². The predicted octanol–water partition coefficient (Wildman–Crippen LogP) is 1.52. The van der Waals surface area contributed by atoms with Crippen LogP contribution >= 0.6 is 0 Å². The number of rotatable bonds is 7. The third-order valence-corrected chi connectivity index (χ3v) is 3.85. The summed E-state index contributed by atoms with van der Waals surface area (Å²) in [4.78, 5) is 23.0. The molecule has 7 heteroatoms. The summed E-state index contributed by atoms with van der Waals surface area (Å²) >= 11 is 0. The van der Waals surface area contributed by atoms with Gasteiger partial charge in [-0.1, -0.05) is 6.07 Å². The van der Waals surface area contributed by atoms with Crippen molar-refractivity contribution in [2.24, 2.45) is 0 Å². The number of carboxylic acids is 1. The van der Waals surface area contributed by atoms with E-state index in [2.05, 4.69) is 5.32 Å². The Balaban J connectivity index is 1.91. The summed E-state index contributed by atoms with van der Waals surface area (Å²) in [5, 5.41) is 11.7. The quantitative estimate of drug-likeness (QED) is 0.794. The maximum atomic E-state index is 13.6. The van der Waals surface area contributed by atoms with Crippen LogP contribution < -0.4 is 10.1 Å². The Kier molecular flexibility index (Phi) is 5.54. The monoisotopic (exact) mass is 325 g/mol. The van der Waals surface area contributed by atoms with Gasteiger partial charge < -0.3 is 19.9 Å². The van der Waals surface area contributed by atoms with E-state index in [0.717, 1.165) is 0 Å². The Hall–Kier alpha value is -2.15. The summed E-state index contributed by atoms with van der Waals surface area (Å²) in [6, 6.07) is 4.54. The van der Waals surface area contributed by atoms with Gasteiger partial charge in [0.15, 0.2) is 11.6 Å². The van der Waals surface area contributed by atoms with E-state index in [-0.39, 0.29) is 31.1 Å². The first-order valence-corrected chi connectivity index (χ1v) is 7.37. The van der Waals surface area contributed by atoms with E-state index >= 15 is 0 Å². The fourth-order valence-corrected chi connectivity index (χ4v) is 2.66. The first-order valence-electron chi connectivity index (χ1n) is 7.37. The van der Waals surface area contributed by atoms with Crippen molar-refractivity contribution in [1.29, 1.82) is 0 Å². The molecule has 2 rings (SSSR count). The molecule has 1 aliphatic rings. The summed E-state index contributed by atoms with van der Waals surface area (Å²) in [6.45, 7) is 0.624.